The van der Waals surface area contributed by atoms with E-state index in [4.69, 9.17) is 4.74 Å². The number of rotatable bonds is 9. The van der Waals surface area contributed by atoms with Crippen LogP contribution in [0.3, 0.4) is 0 Å². The summed E-state index contributed by atoms with van der Waals surface area (Å²) < 4.78 is 4.85. The summed E-state index contributed by atoms with van der Waals surface area (Å²) >= 11 is 0. The Morgan fingerprint density at radius 1 is 1.47 bits per heavy atom. The SMILES string of the molecule is CCCNC(CN(CC)CC1CC1)C(=O)OC. The normalized spacial score (nSPS) is 17.2. The number of hydrogen-bond donors (Lipinski definition) is 1. The van der Waals surface area contributed by atoms with E-state index in [2.05, 4.69) is 24.1 Å². The Balaban J connectivity index is 2.40. The number of hydrogen-bond acceptors (Lipinski definition) is 4. The molecule has 0 radical (unpaired) electrons. The van der Waals surface area contributed by atoms with Gasteiger partial charge in [-0.05, 0) is 38.3 Å². The maximum Gasteiger partial charge on any atom is 0.324 e. The van der Waals surface area contributed by atoms with E-state index in [-0.39, 0.29) is 12.0 Å². The number of ether oxygens (including phenoxy) is 1. The predicted octanol–water partition coefficient (Wildman–Crippen LogP) is 1.26. The van der Waals surface area contributed by atoms with Crippen LogP contribution in [-0.2, 0) is 9.53 Å². The molecule has 1 N–H and O–H groups in total. The average Bonchev–Trinajstić information content (AvgIpc) is 3.15. The number of methoxy groups -OCH3 is 1. The number of nitrogens with one attached hydrogen (secondary N) is 1. The number of nitrogens with zero attached hydrogens (tertiary/aromatic N) is 1. The molecule has 0 aromatic heterocycles. The van der Waals surface area contributed by atoms with Crippen molar-refractivity contribution in [2.45, 2.75) is 39.2 Å². The summed E-state index contributed by atoms with van der Waals surface area (Å²) in [5.74, 6) is 0.715. The molecule has 0 saturated heterocycles. The first-order valence-corrected chi connectivity index (χ1v) is 6.74. The Labute approximate surface area is 105 Å². The Bertz CT molecular complexity index is 229. The molecular formula is C13H26N2O2. The third-order valence-electron chi connectivity index (χ3n) is 3.23. The van der Waals surface area contributed by atoms with Crippen LogP contribution in [0, 0.1) is 5.92 Å². The summed E-state index contributed by atoms with van der Waals surface area (Å²) in [7, 11) is 1.46. The lowest BCUT2D eigenvalue weighted by atomic mass is 10.2. The molecular weight excluding hydrogens is 216 g/mol. The molecule has 1 aliphatic carbocycles. The maximum absolute atomic E-state index is 11.7. The highest BCUT2D eigenvalue weighted by Gasteiger charge is 2.27. The molecule has 0 aromatic carbocycles. The van der Waals surface area contributed by atoms with E-state index >= 15 is 0 Å². The summed E-state index contributed by atoms with van der Waals surface area (Å²) in [6.45, 7) is 8.00. The molecule has 100 valence electrons. The number of likely N-dealkylation sites (N-methyl/N-ethyl adjacent to an activating group) is 1. The molecule has 1 fully saturated rings. The van der Waals surface area contributed by atoms with Gasteiger partial charge in [0.1, 0.15) is 6.04 Å². The third kappa shape index (κ3) is 5.50. The minimum absolute atomic E-state index is 0.146. The topological polar surface area (TPSA) is 41.6 Å². The Hall–Kier alpha value is -0.610. The van der Waals surface area contributed by atoms with Gasteiger partial charge in [-0.2, -0.15) is 0 Å². The monoisotopic (exact) mass is 242 g/mol. The van der Waals surface area contributed by atoms with Crippen molar-refractivity contribution in [3.05, 3.63) is 0 Å². The van der Waals surface area contributed by atoms with E-state index < -0.39 is 0 Å². The van der Waals surface area contributed by atoms with Crippen LogP contribution >= 0.6 is 0 Å². The molecule has 4 heteroatoms. The second-order valence-electron chi connectivity index (χ2n) is 4.83. The molecule has 0 aromatic rings. The van der Waals surface area contributed by atoms with Crippen molar-refractivity contribution in [2.24, 2.45) is 5.92 Å². The van der Waals surface area contributed by atoms with E-state index in [9.17, 15) is 4.79 Å². The highest BCUT2D eigenvalue weighted by Crippen LogP contribution is 2.29. The van der Waals surface area contributed by atoms with Gasteiger partial charge < -0.3 is 15.0 Å². The first-order valence-electron chi connectivity index (χ1n) is 6.74. The lowest BCUT2D eigenvalue weighted by Gasteiger charge is -2.25. The Morgan fingerprint density at radius 3 is 2.65 bits per heavy atom. The van der Waals surface area contributed by atoms with E-state index in [0.29, 0.717) is 0 Å². The first kappa shape index (κ1) is 14.5. The fourth-order valence-electron chi connectivity index (χ4n) is 1.94. The zero-order valence-corrected chi connectivity index (χ0v) is 11.4. The molecule has 1 aliphatic rings. The Kier molecular flexibility index (Phi) is 6.52. The molecule has 0 heterocycles. The summed E-state index contributed by atoms with van der Waals surface area (Å²) in [6, 6.07) is -0.182. The smallest absolute Gasteiger partial charge is 0.324 e. The van der Waals surface area contributed by atoms with Crippen LogP contribution in [0.15, 0.2) is 0 Å². The average molecular weight is 242 g/mol. The minimum Gasteiger partial charge on any atom is -0.468 e. The highest BCUT2D eigenvalue weighted by atomic mass is 16.5. The van der Waals surface area contributed by atoms with Crippen molar-refractivity contribution in [3.63, 3.8) is 0 Å². The van der Waals surface area contributed by atoms with Crippen molar-refractivity contribution in [1.29, 1.82) is 0 Å². The second kappa shape index (κ2) is 7.67. The van der Waals surface area contributed by atoms with Crippen molar-refractivity contribution >= 4 is 5.97 Å². The Morgan fingerprint density at radius 2 is 2.18 bits per heavy atom. The fraction of sp³-hybridized carbons (Fsp3) is 0.923. The van der Waals surface area contributed by atoms with Crippen molar-refractivity contribution in [1.82, 2.24) is 10.2 Å². The van der Waals surface area contributed by atoms with Crippen molar-refractivity contribution in [2.75, 3.05) is 33.3 Å². The third-order valence-corrected chi connectivity index (χ3v) is 3.23. The fourth-order valence-corrected chi connectivity index (χ4v) is 1.94. The molecule has 4 nitrogen and oxygen atoms in total. The van der Waals surface area contributed by atoms with Gasteiger partial charge in [0.2, 0.25) is 0 Å². The molecule has 0 aliphatic heterocycles. The van der Waals surface area contributed by atoms with Crippen molar-refractivity contribution in [3.8, 4) is 0 Å². The lowest BCUT2D eigenvalue weighted by molar-refractivity contribution is -0.143. The van der Waals surface area contributed by atoms with E-state index in [1.165, 1.54) is 20.0 Å². The largest absolute Gasteiger partial charge is 0.468 e. The molecule has 0 spiro atoms. The molecule has 0 bridgehead atoms. The van der Waals surface area contributed by atoms with Crippen LogP contribution in [-0.4, -0.2) is 50.2 Å². The van der Waals surface area contributed by atoms with Crippen LogP contribution in [0.1, 0.15) is 33.1 Å². The predicted molar refractivity (Wildman–Crippen MR) is 68.9 cm³/mol. The summed E-state index contributed by atoms with van der Waals surface area (Å²) in [5, 5.41) is 3.26. The van der Waals surface area contributed by atoms with E-state index in [0.717, 1.165) is 38.5 Å². The zero-order chi connectivity index (χ0) is 12.7. The molecule has 1 rings (SSSR count). The summed E-state index contributed by atoms with van der Waals surface area (Å²) in [5.41, 5.74) is 0. The van der Waals surface area contributed by atoms with Crippen LogP contribution in [0.4, 0.5) is 0 Å². The van der Waals surface area contributed by atoms with Gasteiger partial charge in [-0.1, -0.05) is 13.8 Å². The summed E-state index contributed by atoms with van der Waals surface area (Å²) in [4.78, 5) is 14.0. The standard InChI is InChI=1S/C13H26N2O2/c1-4-8-14-12(13(16)17-3)10-15(5-2)9-11-6-7-11/h11-12,14H,4-10H2,1-3H3. The van der Waals surface area contributed by atoms with Gasteiger partial charge in [0.15, 0.2) is 0 Å². The minimum atomic E-state index is -0.182. The van der Waals surface area contributed by atoms with Gasteiger partial charge in [-0.25, -0.2) is 0 Å². The molecule has 17 heavy (non-hydrogen) atoms. The van der Waals surface area contributed by atoms with Gasteiger partial charge in [0.05, 0.1) is 7.11 Å². The van der Waals surface area contributed by atoms with E-state index in [1.807, 2.05) is 0 Å². The molecule has 1 unspecified atom stereocenters. The van der Waals surface area contributed by atoms with Crippen LogP contribution < -0.4 is 5.32 Å². The summed E-state index contributed by atoms with van der Waals surface area (Å²) in [6.07, 6.45) is 3.73. The van der Waals surface area contributed by atoms with E-state index in [1.54, 1.807) is 0 Å². The second-order valence-corrected chi connectivity index (χ2v) is 4.83. The van der Waals surface area contributed by atoms with Crippen LogP contribution in [0.25, 0.3) is 0 Å². The maximum atomic E-state index is 11.7. The van der Waals surface area contributed by atoms with Gasteiger partial charge in [-0.3, -0.25) is 4.79 Å². The van der Waals surface area contributed by atoms with Gasteiger partial charge >= 0.3 is 5.97 Å². The zero-order valence-electron chi connectivity index (χ0n) is 11.4. The van der Waals surface area contributed by atoms with Gasteiger partial charge in [0.25, 0.3) is 0 Å². The van der Waals surface area contributed by atoms with Crippen LogP contribution in [0.5, 0.6) is 0 Å². The number of carbonyl (C=O) groups excluding carboxylic acids is 1. The first-order chi connectivity index (χ1) is 8.21. The number of esters is 1. The number of carbonyl (C=O) groups is 1. The van der Waals surface area contributed by atoms with Gasteiger partial charge in [0, 0.05) is 13.1 Å². The lowest BCUT2D eigenvalue weighted by Crippen LogP contribution is -2.47. The van der Waals surface area contributed by atoms with Gasteiger partial charge in [-0.15, -0.1) is 0 Å². The molecule has 1 saturated carbocycles. The molecule has 0 amide bonds. The van der Waals surface area contributed by atoms with Crippen molar-refractivity contribution < 1.29 is 9.53 Å². The molecule has 1 atom stereocenters. The quantitative estimate of drug-likeness (QED) is 0.618. The highest BCUT2D eigenvalue weighted by molar-refractivity contribution is 5.75. The van der Waals surface area contributed by atoms with Crippen LogP contribution in [0.2, 0.25) is 0 Å².